The minimum Gasteiger partial charge on any atom is -0.299 e. The Balaban J connectivity index is 1.31. The lowest BCUT2D eigenvalue weighted by atomic mass is 9.88. The summed E-state index contributed by atoms with van der Waals surface area (Å²) in [4.78, 5) is 13.4. The lowest BCUT2D eigenvalue weighted by Gasteiger charge is -2.18. The maximum atomic E-state index is 4.67. The molecule has 0 N–H and O–H groups in total. The van der Waals surface area contributed by atoms with E-state index in [1.165, 1.54) is 55.8 Å². The zero-order valence-electron chi connectivity index (χ0n) is 21.3. The van der Waals surface area contributed by atoms with Crippen LogP contribution in [-0.2, 0) is 0 Å². The number of hydrogen-bond acceptors (Lipinski definition) is 3. The third-order valence-corrected chi connectivity index (χ3v) is 7.58. The SMILES string of the molecule is Cc1cc(-c2cccc(C3c4ccncc4-c4cnccc43)c2)cc(C)c1-n1ccnc1-c1ccccc1. The molecular formula is C34H26N4. The van der Waals surface area contributed by atoms with Gasteiger partial charge in [0.15, 0.2) is 0 Å². The minimum atomic E-state index is 0.173. The molecule has 1 aliphatic carbocycles. The van der Waals surface area contributed by atoms with Gasteiger partial charge in [0.1, 0.15) is 5.82 Å². The van der Waals surface area contributed by atoms with Crippen LogP contribution >= 0.6 is 0 Å². The van der Waals surface area contributed by atoms with Gasteiger partial charge in [-0.25, -0.2) is 4.98 Å². The number of pyridine rings is 2. The van der Waals surface area contributed by atoms with Crippen molar-refractivity contribution in [3.8, 4) is 39.3 Å². The second kappa shape index (κ2) is 8.93. The predicted octanol–water partition coefficient (Wildman–Crippen LogP) is 7.77. The number of aryl methyl sites for hydroxylation is 2. The maximum Gasteiger partial charge on any atom is 0.144 e. The van der Waals surface area contributed by atoms with Crippen LogP contribution < -0.4 is 0 Å². The third-order valence-electron chi connectivity index (χ3n) is 7.58. The largest absolute Gasteiger partial charge is 0.299 e. The van der Waals surface area contributed by atoms with Gasteiger partial charge in [-0.1, -0.05) is 54.6 Å². The van der Waals surface area contributed by atoms with Crippen molar-refractivity contribution >= 4 is 0 Å². The molecule has 38 heavy (non-hydrogen) atoms. The first kappa shape index (κ1) is 22.4. The Bertz CT molecular complexity index is 1730. The highest BCUT2D eigenvalue weighted by Crippen LogP contribution is 2.47. The summed E-state index contributed by atoms with van der Waals surface area (Å²) in [5.74, 6) is 1.13. The summed E-state index contributed by atoms with van der Waals surface area (Å²) in [6, 6.07) is 28.2. The molecule has 6 aromatic rings. The molecule has 0 unspecified atom stereocenters. The molecule has 182 valence electrons. The zero-order valence-corrected chi connectivity index (χ0v) is 21.3. The van der Waals surface area contributed by atoms with E-state index in [0.29, 0.717) is 0 Å². The molecule has 4 nitrogen and oxygen atoms in total. The quantitative estimate of drug-likeness (QED) is 0.253. The second-order valence-corrected chi connectivity index (χ2v) is 9.93. The van der Waals surface area contributed by atoms with Gasteiger partial charge in [-0.15, -0.1) is 0 Å². The van der Waals surface area contributed by atoms with E-state index < -0.39 is 0 Å². The minimum absolute atomic E-state index is 0.173. The van der Waals surface area contributed by atoms with Gasteiger partial charge in [0.05, 0.1) is 5.69 Å². The molecule has 4 heteroatoms. The van der Waals surface area contributed by atoms with E-state index >= 15 is 0 Å². The number of nitrogens with zero attached hydrogens (tertiary/aromatic N) is 4. The predicted molar refractivity (Wildman–Crippen MR) is 152 cm³/mol. The summed E-state index contributed by atoms with van der Waals surface area (Å²) in [6.45, 7) is 4.38. The number of hydrogen-bond donors (Lipinski definition) is 0. The molecule has 3 aromatic heterocycles. The first-order chi connectivity index (χ1) is 18.7. The van der Waals surface area contributed by atoms with E-state index in [1.54, 1.807) is 0 Å². The van der Waals surface area contributed by atoms with Crippen molar-refractivity contribution in [1.82, 2.24) is 19.5 Å². The molecule has 0 bridgehead atoms. The molecule has 0 atom stereocenters. The molecular weight excluding hydrogens is 464 g/mol. The van der Waals surface area contributed by atoms with Crippen LogP contribution in [0.15, 0.2) is 116 Å². The van der Waals surface area contributed by atoms with Gasteiger partial charge < -0.3 is 0 Å². The standard InChI is InChI=1S/C34H26N4/c1-22-17-27(18-23(2)33(22)38-16-15-37-34(38)24-7-4-3-5-8-24)25-9-6-10-26(19-25)32-28-11-13-35-20-30(28)31-21-36-14-12-29(31)32/h3-21,32H,1-2H3. The van der Waals surface area contributed by atoms with E-state index in [1.807, 2.05) is 37.1 Å². The summed E-state index contributed by atoms with van der Waals surface area (Å²) in [5, 5.41) is 0. The van der Waals surface area contributed by atoms with Gasteiger partial charge in [0, 0.05) is 59.8 Å². The van der Waals surface area contributed by atoms with Crippen LogP contribution in [0, 0.1) is 13.8 Å². The van der Waals surface area contributed by atoms with E-state index in [0.717, 1.165) is 11.4 Å². The molecule has 0 saturated heterocycles. The first-order valence-corrected chi connectivity index (χ1v) is 12.9. The Hall–Kier alpha value is -4.83. The molecule has 0 radical (unpaired) electrons. The van der Waals surface area contributed by atoms with Crippen LogP contribution in [-0.4, -0.2) is 19.5 Å². The van der Waals surface area contributed by atoms with Crippen LogP contribution in [0.3, 0.4) is 0 Å². The highest BCUT2D eigenvalue weighted by atomic mass is 15.1. The van der Waals surface area contributed by atoms with E-state index in [9.17, 15) is 0 Å². The molecule has 1 aliphatic rings. The van der Waals surface area contributed by atoms with Crippen molar-refractivity contribution < 1.29 is 0 Å². The van der Waals surface area contributed by atoms with Gasteiger partial charge in [-0.3, -0.25) is 14.5 Å². The first-order valence-electron chi connectivity index (χ1n) is 12.9. The van der Waals surface area contributed by atoms with Crippen LogP contribution in [0.5, 0.6) is 0 Å². The Morgan fingerprint density at radius 1 is 0.632 bits per heavy atom. The van der Waals surface area contributed by atoms with Crippen molar-refractivity contribution in [3.05, 3.63) is 144 Å². The summed E-state index contributed by atoms with van der Waals surface area (Å²) >= 11 is 0. The molecule has 3 aromatic carbocycles. The molecule has 0 saturated carbocycles. The lowest BCUT2D eigenvalue weighted by Crippen LogP contribution is -2.03. The number of benzene rings is 3. The zero-order chi connectivity index (χ0) is 25.6. The normalized spacial score (nSPS) is 12.4. The maximum absolute atomic E-state index is 4.67. The Morgan fingerprint density at radius 2 is 1.29 bits per heavy atom. The number of aromatic nitrogens is 4. The van der Waals surface area contributed by atoms with Crippen LogP contribution in [0.25, 0.3) is 39.3 Å². The highest BCUT2D eigenvalue weighted by molar-refractivity contribution is 5.80. The summed E-state index contributed by atoms with van der Waals surface area (Å²) in [5.41, 5.74) is 13.4. The van der Waals surface area contributed by atoms with Crippen molar-refractivity contribution in [2.45, 2.75) is 19.8 Å². The molecule has 0 spiro atoms. The average Bonchev–Trinajstić information content (AvgIpc) is 3.56. The lowest BCUT2D eigenvalue weighted by molar-refractivity contribution is 1.01. The van der Waals surface area contributed by atoms with Crippen LogP contribution in [0.2, 0.25) is 0 Å². The fourth-order valence-corrected chi connectivity index (χ4v) is 5.98. The van der Waals surface area contributed by atoms with Crippen molar-refractivity contribution in [2.24, 2.45) is 0 Å². The summed E-state index contributed by atoms with van der Waals surface area (Å²) in [6.07, 6.45) is 11.6. The molecule has 0 amide bonds. The molecule has 0 fully saturated rings. The average molecular weight is 491 g/mol. The number of rotatable bonds is 4. The van der Waals surface area contributed by atoms with E-state index in [-0.39, 0.29) is 5.92 Å². The van der Waals surface area contributed by atoms with Crippen LogP contribution in [0.1, 0.15) is 33.7 Å². The Morgan fingerprint density at radius 3 is 1.97 bits per heavy atom. The number of imidazole rings is 1. The topological polar surface area (TPSA) is 43.6 Å². The van der Waals surface area contributed by atoms with E-state index in [2.05, 4.69) is 112 Å². The van der Waals surface area contributed by atoms with Crippen molar-refractivity contribution in [3.63, 3.8) is 0 Å². The number of fused-ring (bicyclic) bond motifs is 3. The Kier molecular flexibility index (Phi) is 5.26. The summed E-state index contributed by atoms with van der Waals surface area (Å²) < 4.78 is 2.20. The van der Waals surface area contributed by atoms with Gasteiger partial charge in [0.25, 0.3) is 0 Å². The van der Waals surface area contributed by atoms with Crippen LogP contribution in [0.4, 0.5) is 0 Å². The van der Waals surface area contributed by atoms with Gasteiger partial charge in [-0.2, -0.15) is 0 Å². The summed E-state index contributed by atoms with van der Waals surface area (Å²) in [7, 11) is 0. The molecule has 7 rings (SSSR count). The van der Waals surface area contributed by atoms with Gasteiger partial charge in [-0.05, 0) is 77.1 Å². The smallest absolute Gasteiger partial charge is 0.144 e. The fraction of sp³-hybridized carbons (Fsp3) is 0.0882. The molecule has 0 aliphatic heterocycles. The highest BCUT2D eigenvalue weighted by Gasteiger charge is 2.30. The van der Waals surface area contributed by atoms with Gasteiger partial charge >= 0.3 is 0 Å². The van der Waals surface area contributed by atoms with E-state index in [4.69, 9.17) is 0 Å². The Labute approximate surface area is 222 Å². The monoisotopic (exact) mass is 490 g/mol. The van der Waals surface area contributed by atoms with Crippen molar-refractivity contribution in [1.29, 1.82) is 0 Å². The second-order valence-electron chi connectivity index (χ2n) is 9.93. The van der Waals surface area contributed by atoms with Gasteiger partial charge in [0.2, 0.25) is 0 Å². The fourth-order valence-electron chi connectivity index (χ4n) is 5.98. The van der Waals surface area contributed by atoms with Crippen molar-refractivity contribution in [2.75, 3.05) is 0 Å². The third kappa shape index (κ3) is 3.57. The molecule has 3 heterocycles.